The summed E-state index contributed by atoms with van der Waals surface area (Å²) in [4.78, 5) is 28.8. The van der Waals surface area contributed by atoms with Crippen molar-refractivity contribution in [2.45, 2.75) is 84.3 Å². The first-order chi connectivity index (χ1) is 21.4. The van der Waals surface area contributed by atoms with Gasteiger partial charge in [-0.2, -0.15) is 0 Å². The summed E-state index contributed by atoms with van der Waals surface area (Å²) >= 11 is 0. The summed E-state index contributed by atoms with van der Waals surface area (Å²) in [6, 6.07) is 13.3. The molecule has 4 rings (SSSR count). The lowest BCUT2D eigenvalue weighted by molar-refractivity contribution is -0.125. The monoisotopic (exact) mass is 608 g/mol. The highest BCUT2D eigenvalue weighted by atomic mass is 16.5. The average Bonchev–Trinajstić information content (AvgIpc) is 3.06. The van der Waals surface area contributed by atoms with Gasteiger partial charge in [0.2, 0.25) is 0 Å². The van der Waals surface area contributed by atoms with Gasteiger partial charge in [-0.15, -0.1) is 0 Å². The van der Waals surface area contributed by atoms with E-state index in [4.69, 9.17) is 18.9 Å². The first-order valence-electron chi connectivity index (χ1n) is 16.5. The molecule has 1 aliphatic heterocycles. The molecule has 44 heavy (non-hydrogen) atoms. The number of nitrogens with one attached hydrogen (secondary N) is 1. The molecule has 1 heterocycles. The molecule has 2 aromatic carbocycles. The number of ketones is 1. The van der Waals surface area contributed by atoms with Crippen molar-refractivity contribution in [3.63, 3.8) is 0 Å². The molecule has 8 nitrogen and oxygen atoms in total. The zero-order valence-electron chi connectivity index (χ0n) is 27.1. The lowest BCUT2D eigenvalue weighted by Crippen LogP contribution is -2.48. The molecule has 1 aliphatic carbocycles. The summed E-state index contributed by atoms with van der Waals surface area (Å²) in [6.45, 7) is 10.3. The summed E-state index contributed by atoms with van der Waals surface area (Å²) < 4.78 is 22.9. The maximum atomic E-state index is 13.4. The van der Waals surface area contributed by atoms with Crippen molar-refractivity contribution in [2.24, 2.45) is 11.8 Å². The largest absolute Gasteiger partial charge is 0.497 e. The van der Waals surface area contributed by atoms with Gasteiger partial charge >= 0.3 is 0 Å². The van der Waals surface area contributed by atoms with Crippen LogP contribution in [0.2, 0.25) is 0 Å². The van der Waals surface area contributed by atoms with Gasteiger partial charge in [-0.05, 0) is 74.3 Å². The van der Waals surface area contributed by atoms with E-state index in [9.17, 15) is 9.59 Å². The molecular weight excluding hydrogens is 556 g/mol. The quantitative estimate of drug-likeness (QED) is 0.222. The summed E-state index contributed by atoms with van der Waals surface area (Å²) in [5, 5.41) is 3.15. The fraction of sp³-hybridized carbons (Fsp3) is 0.611. The standard InChI is InChI=1S/C36H52N2O6/c1-5-44-33-22-32(41-4)17-16-31(33)24-42-19-20-43-25-38-18-10-15-30(23-38)28-13-9-14-29(21-28)36(40)37-34(35(39)26(2)3)27-11-7-6-8-12-27/h9,13-14,16-17,21-22,26-27,30,34H,5-8,10-12,15,18-20,23-25H2,1-4H3,(H,37,40)/t30?,34-/m1/s1. The summed E-state index contributed by atoms with van der Waals surface area (Å²) in [5.41, 5.74) is 2.79. The molecule has 1 unspecified atom stereocenters. The molecule has 0 bridgehead atoms. The number of nitrogens with zero attached hydrogens (tertiary/aromatic N) is 1. The highest BCUT2D eigenvalue weighted by molar-refractivity contribution is 5.98. The molecule has 2 fully saturated rings. The normalized spacial score (nSPS) is 18.6. The van der Waals surface area contributed by atoms with E-state index < -0.39 is 6.04 Å². The predicted octanol–water partition coefficient (Wildman–Crippen LogP) is 6.37. The van der Waals surface area contributed by atoms with Crippen LogP contribution in [0.1, 0.15) is 93.1 Å². The van der Waals surface area contributed by atoms with Gasteiger partial charge in [0.15, 0.2) is 5.78 Å². The highest BCUT2D eigenvalue weighted by Crippen LogP contribution is 2.30. The lowest BCUT2D eigenvalue weighted by Gasteiger charge is -2.33. The molecule has 8 heteroatoms. The third-order valence-corrected chi connectivity index (χ3v) is 8.89. The van der Waals surface area contributed by atoms with Crippen LogP contribution in [-0.2, 0) is 20.9 Å². The Morgan fingerprint density at radius 1 is 0.977 bits per heavy atom. The van der Waals surface area contributed by atoms with Crippen LogP contribution in [0.25, 0.3) is 0 Å². The number of carbonyl (C=O) groups is 2. The number of methoxy groups -OCH3 is 1. The number of likely N-dealkylation sites (tertiary alicyclic amines) is 1. The van der Waals surface area contributed by atoms with Crippen LogP contribution in [0.15, 0.2) is 42.5 Å². The number of hydrogen-bond acceptors (Lipinski definition) is 7. The van der Waals surface area contributed by atoms with Gasteiger partial charge in [0, 0.05) is 36.2 Å². The lowest BCUT2D eigenvalue weighted by atomic mass is 9.80. The Labute approximate surface area is 263 Å². The van der Waals surface area contributed by atoms with E-state index in [-0.39, 0.29) is 23.5 Å². The molecule has 1 amide bonds. The first-order valence-corrected chi connectivity index (χ1v) is 16.5. The van der Waals surface area contributed by atoms with Crippen molar-refractivity contribution in [1.29, 1.82) is 0 Å². The fourth-order valence-corrected chi connectivity index (χ4v) is 6.42. The van der Waals surface area contributed by atoms with E-state index in [2.05, 4.69) is 16.3 Å². The Bertz CT molecular complexity index is 1190. The van der Waals surface area contributed by atoms with Crippen LogP contribution in [0, 0.1) is 11.8 Å². The zero-order chi connectivity index (χ0) is 31.3. The third-order valence-electron chi connectivity index (χ3n) is 8.89. The van der Waals surface area contributed by atoms with Crippen LogP contribution >= 0.6 is 0 Å². The predicted molar refractivity (Wildman–Crippen MR) is 172 cm³/mol. The van der Waals surface area contributed by atoms with Crippen LogP contribution in [-0.4, -0.2) is 69.4 Å². The van der Waals surface area contributed by atoms with Crippen molar-refractivity contribution in [1.82, 2.24) is 10.2 Å². The Morgan fingerprint density at radius 2 is 1.77 bits per heavy atom. The summed E-state index contributed by atoms with van der Waals surface area (Å²) in [6.07, 6.45) is 7.64. The molecule has 2 aromatic rings. The van der Waals surface area contributed by atoms with E-state index in [1.165, 1.54) is 12.0 Å². The minimum Gasteiger partial charge on any atom is -0.497 e. The maximum Gasteiger partial charge on any atom is 0.251 e. The van der Waals surface area contributed by atoms with E-state index in [1.807, 2.05) is 57.2 Å². The molecule has 0 aromatic heterocycles. The number of amides is 1. The van der Waals surface area contributed by atoms with E-state index in [1.54, 1.807) is 7.11 Å². The van der Waals surface area contributed by atoms with Gasteiger partial charge in [0.1, 0.15) is 11.5 Å². The second-order valence-corrected chi connectivity index (χ2v) is 12.4. The average molecular weight is 609 g/mol. The van der Waals surface area contributed by atoms with Crippen molar-refractivity contribution < 1.29 is 28.5 Å². The summed E-state index contributed by atoms with van der Waals surface area (Å²) in [7, 11) is 1.64. The van der Waals surface area contributed by atoms with Gasteiger partial charge < -0.3 is 24.3 Å². The van der Waals surface area contributed by atoms with E-state index in [0.29, 0.717) is 44.6 Å². The van der Waals surface area contributed by atoms with Crippen molar-refractivity contribution in [3.8, 4) is 11.5 Å². The molecular formula is C36H52N2O6. The fourth-order valence-electron chi connectivity index (χ4n) is 6.42. The SMILES string of the molecule is CCOc1cc(OC)ccc1COCCOCN1CCCC(c2cccc(C(=O)N[C@@H](C(=O)C(C)C)C3CCCCC3)c2)C1. The van der Waals surface area contributed by atoms with Crippen LogP contribution in [0.4, 0.5) is 0 Å². The number of rotatable bonds is 16. The number of Topliss-reactive ketones (excluding diaryl/α,β-unsaturated/α-hetero) is 1. The van der Waals surface area contributed by atoms with Crippen LogP contribution in [0.3, 0.4) is 0 Å². The minimum absolute atomic E-state index is 0.0997. The van der Waals surface area contributed by atoms with Gasteiger partial charge in [0.25, 0.3) is 5.91 Å². The first kappa shape index (κ1) is 33.9. The topological polar surface area (TPSA) is 86.3 Å². The molecule has 0 radical (unpaired) electrons. The Kier molecular flexibility index (Phi) is 13.5. The minimum atomic E-state index is -0.402. The van der Waals surface area contributed by atoms with Gasteiger partial charge in [0.05, 0.1) is 46.3 Å². The van der Waals surface area contributed by atoms with Gasteiger partial charge in [-0.3, -0.25) is 14.5 Å². The van der Waals surface area contributed by atoms with Gasteiger partial charge in [-0.1, -0.05) is 45.2 Å². The van der Waals surface area contributed by atoms with E-state index in [0.717, 1.165) is 68.7 Å². The second-order valence-electron chi connectivity index (χ2n) is 12.4. The van der Waals surface area contributed by atoms with Crippen molar-refractivity contribution >= 4 is 11.7 Å². The van der Waals surface area contributed by atoms with E-state index >= 15 is 0 Å². The number of carbonyl (C=O) groups excluding carboxylic acids is 2. The zero-order valence-corrected chi connectivity index (χ0v) is 27.1. The molecule has 1 N–H and O–H groups in total. The third kappa shape index (κ3) is 9.78. The van der Waals surface area contributed by atoms with Crippen LogP contribution in [0.5, 0.6) is 11.5 Å². The summed E-state index contributed by atoms with van der Waals surface area (Å²) in [5.74, 6) is 2.00. The maximum absolute atomic E-state index is 13.4. The number of benzene rings is 2. The molecule has 2 aliphatic rings. The smallest absolute Gasteiger partial charge is 0.251 e. The Hall–Kier alpha value is -2.94. The second kappa shape index (κ2) is 17.5. The highest BCUT2D eigenvalue weighted by Gasteiger charge is 2.32. The Balaban J connectivity index is 1.24. The molecule has 1 saturated heterocycles. The number of ether oxygens (including phenoxy) is 4. The number of piperidine rings is 1. The van der Waals surface area contributed by atoms with Crippen molar-refractivity contribution in [2.75, 3.05) is 46.8 Å². The number of hydrogen-bond donors (Lipinski definition) is 1. The van der Waals surface area contributed by atoms with Gasteiger partial charge in [-0.25, -0.2) is 0 Å². The molecule has 2 atom stereocenters. The Morgan fingerprint density at radius 3 is 2.52 bits per heavy atom. The molecule has 242 valence electrons. The molecule has 0 spiro atoms. The van der Waals surface area contributed by atoms with Crippen molar-refractivity contribution in [3.05, 3.63) is 59.2 Å². The molecule has 1 saturated carbocycles. The van der Waals surface area contributed by atoms with Crippen LogP contribution < -0.4 is 14.8 Å².